The van der Waals surface area contributed by atoms with Crippen molar-refractivity contribution in [2.75, 3.05) is 19.6 Å². The van der Waals surface area contributed by atoms with Gasteiger partial charge in [0, 0.05) is 44.5 Å². The van der Waals surface area contributed by atoms with Crippen LogP contribution < -0.4 is 5.32 Å². The molecule has 1 saturated heterocycles. The minimum atomic E-state index is 0.236. The molecule has 0 unspecified atom stereocenters. The second kappa shape index (κ2) is 5.19. The number of rotatable bonds is 4. The zero-order valence-electron chi connectivity index (χ0n) is 11.2. The summed E-state index contributed by atoms with van der Waals surface area (Å²) in [5.41, 5.74) is 1.57. The van der Waals surface area contributed by atoms with Gasteiger partial charge in [-0.15, -0.1) is 0 Å². The number of hydrogen-bond acceptors (Lipinski definition) is 3. The van der Waals surface area contributed by atoms with Crippen molar-refractivity contribution in [2.24, 2.45) is 0 Å². The third-order valence-electron chi connectivity index (χ3n) is 3.59. The second-order valence-electron chi connectivity index (χ2n) is 5.49. The molecule has 0 amide bonds. The molecular formula is C13H24N4. The number of aromatic nitrogens is 2. The second-order valence-corrected chi connectivity index (χ2v) is 5.49. The summed E-state index contributed by atoms with van der Waals surface area (Å²) in [6, 6.07) is 0. The van der Waals surface area contributed by atoms with E-state index >= 15 is 0 Å². The molecule has 1 N–H and O–H groups in total. The molecule has 0 spiro atoms. The van der Waals surface area contributed by atoms with Crippen LogP contribution >= 0.6 is 0 Å². The Morgan fingerprint density at radius 1 is 1.47 bits per heavy atom. The first kappa shape index (κ1) is 12.6. The van der Waals surface area contributed by atoms with E-state index in [2.05, 4.69) is 40.5 Å². The van der Waals surface area contributed by atoms with Crippen molar-refractivity contribution in [3.63, 3.8) is 0 Å². The van der Waals surface area contributed by atoms with Gasteiger partial charge in [0.05, 0.1) is 12.0 Å². The highest BCUT2D eigenvalue weighted by molar-refractivity contribution is 5.01. The number of imidazole rings is 1. The largest absolute Gasteiger partial charge is 0.333 e. The van der Waals surface area contributed by atoms with E-state index in [9.17, 15) is 0 Å². The summed E-state index contributed by atoms with van der Waals surface area (Å²) in [6.45, 7) is 12.2. The number of hydrogen-bond donors (Lipinski definition) is 1. The minimum Gasteiger partial charge on any atom is -0.333 e. The molecule has 1 aromatic heterocycles. The van der Waals surface area contributed by atoms with Crippen molar-refractivity contribution in [1.82, 2.24) is 19.8 Å². The number of nitrogens with zero attached hydrogens (tertiary/aromatic N) is 3. The summed E-state index contributed by atoms with van der Waals surface area (Å²) < 4.78 is 2.28. The van der Waals surface area contributed by atoms with Crippen LogP contribution in [0.15, 0.2) is 12.5 Å². The molecule has 1 aromatic rings. The summed E-state index contributed by atoms with van der Waals surface area (Å²) >= 11 is 0. The molecule has 96 valence electrons. The van der Waals surface area contributed by atoms with Gasteiger partial charge in [0.2, 0.25) is 0 Å². The smallest absolute Gasteiger partial charge is 0.0948 e. The summed E-state index contributed by atoms with van der Waals surface area (Å²) in [6.07, 6.45) is 5.12. The lowest BCUT2D eigenvalue weighted by molar-refractivity contribution is 0.0802. The van der Waals surface area contributed by atoms with Crippen LogP contribution in [0.1, 0.15) is 32.9 Å². The predicted molar refractivity (Wildman–Crippen MR) is 69.9 cm³/mol. The molecule has 4 nitrogen and oxygen atoms in total. The van der Waals surface area contributed by atoms with Gasteiger partial charge in [-0.05, 0) is 20.3 Å². The van der Waals surface area contributed by atoms with Crippen LogP contribution in [0, 0.1) is 0 Å². The minimum absolute atomic E-state index is 0.236. The molecule has 0 atom stereocenters. The van der Waals surface area contributed by atoms with Crippen LogP contribution in [-0.2, 0) is 13.1 Å². The van der Waals surface area contributed by atoms with Gasteiger partial charge < -0.3 is 9.88 Å². The fraction of sp³-hybridized carbons (Fsp3) is 0.769. The highest BCUT2D eigenvalue weighted by Gasteiger charge is 2.29. The fourth-order valence-corrected chi connectivity index (χ4v) is 2.43. The fourth-order valence-electron chi connectivity index (χ4n) is 2.43. The molecule has 0 radical (unpaired) electrons. The van der Waals surface area contributed by atoms with E-state index in [0.717, 1.165) is 39.1 Å². The predicted octanol–water partition coefficient (Wildman–Crippen LogP) is 1.48. The highest BCUT2D eigenvalue weighted by Crippen LogP contribution is 2.19. The molecular weight excluding hydrogens is 212 g/mol. The Balaban J connectivity index is 2.06. The summed E-state index contributed by atoms with van der Waals surface area (Å²) in [5, 5.41) is 3.46. The van der Waals surface area contributed by atoms with Crippen molar-refractivity contribution in [2.45, 2.75) is 45.8 Å². The summed E-state index contributed by atoms with van der Waals surface area (Å²) in [7, 11) is 0. The molecule has 2 heterocycles. The van der Waals surface area contributed by atoms with Crippen molar-refractivity contribution in [3.05, 3.63) is 18.2 Å². The normalized spacial score (nSPS) is 20.6. The molecule has 1 aliphatic heterocycles. The lowest BCUT2D eigenvalue weighted by atomic mass is 10.00. The van der Waals surface area contributed by atoms with Gasteiger partial charge in [-0.1, -0.05) is 6.92 Å². The Morgan fingerprint density at radius 2 is 2.29 bits per heavy atom. The van der Waals surface area contributed by atoms with Gasteiger partial charge >= 0.3 is 0 Å². The maximum atomic E-state index is 4.27. The maximum absolute atomic E-state index is 4.27. The highest BCUT2D eigenvalue weighted by atomic mass is 15.3. The zero-order chi connectivity index (χ0) is 12.3. The number of nitrogens with one attached hydrogen (secondary N) is 1. The quantitative estimate of drug-likeness (QED) is 0.859. The average molecular weight is 236 g/mol. The Hall–Kier alpha value is -0.870. The Kier molecular flexibility index (Phi) is 3.84. The van der Waals surface area contributed by atoms with Crippen molar-refractivity contribution in [3.8, 4) is 0 Å². The molecule has 0 saturated carbocycles. The molecule has 1 fully saturated rings. The van der Waals surface area contributed by atoms with Crippen LogP contribution in [-0.4, -0.2) is 39.6 Å². The third kappa shape index (κ3) is 2.87. The lowest BCUT2D eigenvalue weighted by Gasteiger charge is -2.42. The molecule has 1 aliphatic rings. The molecule has 2 rings (SSSR count). The van der Waals surface area contributed by atoms with E-state index in [1.54, 1.807) is 0 Å². The van der Waals surface area contributed by atoms with Gasteiger partial charge in [-0.25, -0.2) is 4.98 Å². The Labute approximate surface area is 104 Å². The molecule has 0 bridgehead atoms. The molecule has 17 heavy (non-hydrogen) atoms. The van der Waals surface area contributed by atoms with Gasteiger partial charge in [0.25, 0.3) is 0 Å². The first-order valence-electron chi connectivity index (χ1n) is 6.58. The van der Waals surface area contributed by atoms with E-state index in [1.807, 2.05) is 12.5 Å². The first-order chi connectivity index (χ1) is 8.13. The standard InChI is InChI=1S/C13H24N4/c1-4-6-16-11-15-8-12(16)9-17-7-5-14-10-13(17,2)3/h8,11,14H,4-7,9-10H2,1-3H3. The van der Waals surface area contributed by atoms with Crippen LogP contribution in [0.4, 0.5) is 0 Å². The van der Waals surface area contributed by atoms with Gasteiger partial charge in [0.15, 0.2) is 0 Å². The molecule has 4 heteroatoms. The van der Waals surface area contributed by atoms with E-state index in [0.29, 0.717) is 0 Å². The summed E-state index contributed by atoms with van der Waals surface area (Å²) in [5.74, 6) is 0. The van der Waals surface area contributed by atoms with E-state index in [4.69, 9.17) is 0 Å². The van der Waals surface area contributed by atoms with Crippen LogP contribution in [0.3, 0.4) is 0 Å². The SMILES string of the molecule is CCCn1cncc1CN1CCNCC1(C)C. The van der Waals surface area contributed by atoms with Crippen LogP contribution in [0.25, 0.3) is 0 Å². The molecule has 0 aliphatic carbocycles. The Bertz CT molecular complexity index is 356. The van der Waals surface area contributed by atoms with Crippen molar-refractivity contribution < 1.29 is 0 Å². The number of piperazine rings is 1. The molecule has 0 aromatic carbocycles. The lowest BCUT2D eigenvalue weighted by Crippen LogP contribution is -2.57. The number of aryl methyl sites for hydroxylation is 1. The maximum Gasteiger partial charge on any atom is 0.0948 e. The van der Waals surface area contributed by atoms with E-state index in [1.165, 1.54) is 5.69 Å². The van der Waals surface area contributed by atoms with Crippen LogP contribution in [0.5, 0.6) is 0 Å². The van der Waals surface area contributed by atoms with Crippen molar-refractivity contribution >= 4 is 0 Å². The first-order valence-corrected chi connectivity index (χ1v) is 6.58. The van der Waals surface area contributed by atoms with Gasteiger partial charge in [-0.2, -0.15) is 0 Å². The summed E-state index contributed by atoms with van der Waals surface area (Å²) in [4.78, 5) is 6.82. The van der Waals surface area contributed by atoms with Gasteiger partial charge in [0.1, 0.15) is 0 Å². The topological polar surface area (TPSA) is 33.1 Å². The third-order valence-corrected chi connectivity index (χ3v) is 3.59. The monoisotopic (exact) mass is 236 g/mol. The van der Waals surface area contributed by atoms with Crippen LogP contribution in [0.2, 0.25) is 0 Å². The van der Waals surface area contributed by atoms with E-state index < -0.39 is 0 Å². The zero-order valence-corrected chi connectivity index (χ0v) is 11.2. The average Bonchev–Trinajstić information content (AvgIpc) is 2.70. The Morgan fingerprint density at radius 3 is 3.00 bits per heavy atom. The van der Waals surface area contributed by atoms with Gasteiger partial charge in [-0.3, -0.25) is 4.90 Å². The van der Waals surface area contributed by atoms with Crippen molar-refractivity contribution in [1.29, 1.82) is 0 Å². The van der Waals surface area contributed by atoms with E-state index in [-0.39, 0.29) is 5.54 Å².